The van der Waals surface area contributed by atoms with Crippen LogP contribution in [0.4, 0.5) is 0 Å². The molecule has 0 spiro atoms. The minimum atomic E-state index is -0.656. The molecule has 6 heteroatoms. The minimum Gasteiger partial charge on any atom is -0.616 e. The molecule has 0 radical (unpaired) electrons. The van der Waals surface area contributed by atoms with Crippen molar-refractivity contribution in [2.45, 2.75) is 6.92 Å². The molecule has 25 heavy (non-hydrogen) atoms. The van der Waals surface area contributed by atoms with E-state index in [-0.39, 0.29) is 11.4 Å². The standard InChI is InChI=1S/C19H17NO5/c1-12-4-7-15-13(10-12)6-9-18(20(15)22)25-19(21)14-5-8-16(23-2)17(11-14)24-3/h4-11H,1-3H3. The molecule has 2 aromatic carbocycles. The number of benzene rings is 2. The van der Waals surface area contributed by atoms with Gasteiger partial charge in [-0.25, -0.2) is 4.79 Å². The number of hydrogen-bond acceptors (Lipinski definition) is 5. The second-order valence-electron chi connectivity index (χ2n) is 5.49. The van der Waals surface area contributed by atoms with Gasteiger partial charge in [-0.1, -0.05) is 11.6 Å². The SMILES string of the molecule is COc1ccc(C(=O)Oc2ccc3cc(C)ccc3[n+]2[O-])cc1OC. The van der Waals surface area contributed by atoms with Crippen molar-refractivity contribution in [1.29, 1.82) is 0 Å². The van der Waals surface area contributed by atoms with E-state index in [1.54, 1.807) is 24.3 Å². The maximum absolute atomic E-state index is 12.4. The predicted octanol–water partition coefficient (Wildman–Crippen LogP) is 3.02. The molecule has 3 rings (SSSR count). The summed E-state index contributed by atoms with van der Waals surface area (Å²) in [6.07, 6.45) is 0. The molecule has 0 fully saturated rings. The highest BCUT2D eigenvalue weighted by Crippen LogP contribution is 2.28. The van der Waals surface area contributed by atoms with Gasteiger partial charge in [0, 0.05) is 11.5 Å². The molecule has 0 saturated heterocycles. The van der Waals surface area contributed by atoms with Crippen molar-refractivity contribution in [3.8, 4) is 17.4 Å². The third-order valence-corrected chi connectivity index (χ3v) is 3.82. The van der Waals surface area contributed by atoms with Crippen molar-refractivity contribution in [1.82, 2.24) is 0 Å². The number of carbonyl (C=O) groups is 1. The molecule has 0 bridgehead atoms. The van der Waals surface area contributed by atoms with E-state index in [4.69, 9.17) is 14.2 Å². The summed E-state index contributed by atoms with van der Waals surface area (Å²) < 4.78 is 16.2. The van der Waals surface area contributed by atoms with Gasteiger partial charge in [0.05, 0.1) is 25.8 Å². The van der Waals surface area contributed by atoms with Gasteiger partial charge in [-0.15, -0.1) is 4.73 Å². The van der Waals surface area contributed by atoms with E-state index in [9.17, 15) is 10.0 Å². The van der Waals surface area contributed by atoms with E-state index >= 15 is 0 Å². The number of esters is 1. The van der Waals surface area contributed by atoms with Crippen molar-refractivity contribution >= 4 is 16.9 Å². The van der Waals surface area contributed by atoms with Crippen LogP contribution in [-0.4, -0.2) is 20.2 Å². The van der Waals surface area contributed by atoms with E-state index < -0.39 is 5.97 Å². The third-order valence-electron chi connectivity index (χ3n) is 3.82. The van der Waals surface area contributed by atoms with Gasteiger partial charge in [-0.2, -0.15) is 0 Å². The molecule has 0 atom stereocenters. The highest BCUT2D eigenvalue weighted by molar-refractivity contribution is 5.91. The normalized spacial score (nSPS) is 10.5. The molecule has 0 aliphatic carbocycles. The number of methoxy groups -OCH3 is 2. The molecule has 0 saturated carbocycles. The Labute approximate surface area is 144 Å². The summed E-state index contributed by atoms with van der Waals surface area (Å²) in [5.74, 6) is 0.160. The average Bonchev–Trinajstić information content (AvgIpc) is 2.63. The zero-order valence-corrected chi connectivity index (χ0v) is 14.1. The topological polar surface area (TPSA) is 71.7 Å². The second-order valence-corrected chi connectivity index (χ2v) is 5.49. The largest absolute Gasteiger partial charge is 0.616 e. The average molecular weight is 339 g/mol. The van der Waals surface area contributed by atoms with Gasteiger partial charge in [-0.05, 0) is 37.3 Å². The molecule has 0 N–H and O–H groups in total. The van der Waals surface area contributed by atoms with Crippen LogP contribution in [0.3, 0.4) is 0 Å². The van der Waals surface area contributed by atoms with E-state index in [1.165, 1.54) is 26.4 Å². The molecule has 1 aromatic heterocycles. The first kappa shape index (κ1) is 16.6. The fourth-order valence-electron chi connectivity index (χ4n) is 2.53. The van der Waals surface area contributed by atoms with Crippen LogP contribution < -0.4 is 18.9 Å². The summed E-state index contributed by atoms with van der Waals surface area (Å²) in [6, 6.07) is 13.3. The van der Waals surface area contributed by atoms with Gasteiger partial charge >= 0.3 is 11.8 Å². The Kier molecular flexibility index (Phi) is 4.43. The highest BCUT2D eigenvalue weighted by atomic mass is 16.6. The lowest BCUT2D eigenvalue weighted by atomic mass is 10.1. The molecule has 128 valence electrons. The number of rotatable bonds is 4. The lowest BCUT2D eigenvalue weighted by Gasteiger charge is -2.10. The zero-order valence-electron chi connectivity index (χ0n) is 14.1. The Balaban J connectivity index is 1.92. The maximum Gasteiger partial charge on any atom is 0.387 e. The Morgan fingerprint density at radius 3 is 2.44 bits per heavy atom. The van der Waals surface area contributed by atoms with Gasteiger partial charge in [0.25, 0.3) is 0 Å². The van der Waals surface area contributed by atoms with Gasteiger partial charge in [0.15, 0.2) is 11.5 Å². The molecule has 0 unspecified atom stereocenters. The van der Waals surface area contributed by atoms with Crippen LogP contribution in [0.2, 0.25) is 0 Å². The minimum absolute atomic E-state index is 0.0869. The summed E-state index contributed by atoms with van der Waals surface area (Å²) >= 11 is 0. The Hall–Kier alpha value is -3.28. The number of aryl methyl sites for hydroxylation is 1. The molecule has 0 aliphatic rings. The summed E-state index contributed by atoms with van der Waals surface area (Å²) in [4.78, 5) is 12.4. The van der Waals surface area contributed by atoms with Gasteiger partial charge in [-0.3, -0.25) is 0 Å². The molecule has 0 amide bonds. The monoisotopic (exact) mass is 339 g/mol. The van der Waals surface area contributed by atoms with Gasteiger partial charge in [0.1, 0.15) is 0 Å². The second kappa shape index (κ2) is 6.68. The number of fused-ring (bicyclic) bond motifs is 1. The zero-order chi connectivity index (χ0) is 18.0. The van der Waals surface area contributed by atoms with Crippen molar-refractivity contribution in [3.05, 3.63) is 64.9 Å². The summed E-state index contributed by atoms with van der Waals surface area (Å²) in [7, 11) is 2.98. The van der Waals surface area contributed by atoms with Crippen LogP contribution in [0.5, 0.6) is 17.4 Å². The van der Waals surface area contributed by atoms with Gasteiger partial charge < -0.3 is 19.4 Å². The van der Waals surface area contributed by atoms with E-state index in [1.807, 2.05) is 19.1 Å². The van der Waals surface area contributed by atoms with Crippen LogP contribution in [-0.2, 0) is 0 Å². The van der Waals surface area contributed by atoms with Crippen LogP contribution in [0.1, 0.15) is 15.9 Å². The molecule has 1 heterocycles. The predicted molar refractivity (Wildman–Crippen MR) is 92.1 cm³/mol. The quantitative estimate of drug-likeness (QED) is 0.415. The first-order valence-corrected chi connectivity index (χ1v) is 7.60. The molecule has 3 aromatic rings. The number of carbonyl (C=O) groups excluding carboxylic acids is 1. The maximum atomic E-state index is 12.4. The lowest BCUT2D eigenvalue weighted by Crippen LogP contribution is -2.31. The number of nitrogens with zero attached hydrogens (tertiary/aromatic N) is 1. The van der Waals surface area contributed by atoms with Crippen LogP contribution >= 0.6 is 0 Å². The van der Waals surface area contributed by atoms with Crippen molar-refractivity contribution in [2.75, 3.05) is 14.2 Å². The number of hydrogen-bond donors (Lipinski definition) is 0. The van der Waals surface area contributed by atoms with Crippen molar-refractivity contribution in [2.24, 2.45) is 0 Å². The Bertz CT molecular complexity index is 952. The van der Waals surface area contributed by atoms with E-state index in [0.29, 0.717) is 21.7 Å². The number of aromatic nitrogens is 1. The highest BCUT2D eigenvalue weighted by Gasteiger charge is 2.18. The molecule has 0 aliphatic heterocycles. The molecular weight excluding hydrogens is 322 g/mol. The van der Waals surface area contributed by atoms with E-state index in [0.717, 1.165) is 10.9 Å². The first-order chi connectivity index (χ1) is 12.0. The smallest absolute Gasteiger partial charge is 0.387 e. The summed E-state index contributed by atoms with van der Waals surface area (Å²) in [5, 5.41) is 13.2. The van der Waals surface area contributed by atoms with Gasteiger partial charge in [0.2, 0.25) is 5.52 Å². The lowest BCUT2D eigenvalue weighted by molar-refractivity contribution is -0.582. The fraction of sp³-hybridized carbons (Fsp3) is 0.158. The van der Waals surface area contributed by atoms with Crippen molar-refractivity contribution in [3.63, 3.8) is 0 Å². The van der Waals surface area contributed by atoms with Crippen LogP contribution in [0.15, 0.2) is 48.5 Å². The molecule has 6 nitrogen and oxygen atoms in total. The summed E-state index contributed by atoms with van der Waals surface area (Å²) in [6.45, 7) is 1.94. The fourth-order valence-corrected chi connectivity index (χ4v) is 2.53. The summed E-state index contributed by atoms with van der Waals surface area (Å²) in [5.41, 5.74) is 1.73. The van der Waals surface area contributed by atoms with Crippen molar-refractivity contribution < 1.29 is 23.7 Å². The first-order valence-electron chi connectivity index (χ1n) is 7.60. The number of pyridine rings is 1. The third kappa shape index (κ3) is 3.19. The van der Waals surface area contributed by atoms with Crippen LogP contribution in [0.25, 0.3) is 10.9 Å². The molecular formula is C19H17NO5. The number of ether oxygens (including phenoxy) is 3. The Morgan fingerprint density at radius 1 is 0.960 bits per heavy atom. The van der Waals surface area contributed by atoms with E-state index in [2.05, 4.69) is 0 Å². The van der Waals surface area contributed by atoms with Crippen LogP contribution in [0, 0.1) is 12.1 Å². The Morgan fingerprint density at radius 2 is 1.72 bits per heavy atom.